The van der Waals surface area contributed by atoms with Crippen LogP contribution in [0.2, 0.25) is 0 Å². The molecule has 0 aromatic heterocycles. The second kappa shape index (κ2) is 25.1. The number of nitrogens with zero attached hydrogens (tertiary/aromatic N) is 2. The molecule has 6 rings (SSSR count). The fourth-order valence-electron chi connectivity index (χ4n) is 8.63. The number of rotatable bonds is 15. The average molecular weight is 1030 g/mol. The molecule has 0 atom stereocenters. The van der Waals surface area contributed by atoms with E-state index in [0.717, 1.165) is 17.0 Å². The molecule has 2 aliphatic heterocycles. The van der Waals surface area contributed by atoms with Crippen molar-refractivity contribution in [2.45, 2.75) is 88.4 Å². The molecule has 2 heterocycles. The Labute approximate surface area is 460 Å². The maximum absolute atomic E-state index is 15.9. The molecule has 0 amide bonds. The van der Waals surface area contributed by atoms with Gasteiger partial charge in [-0.2, -0.15) is 18.2 Å². The molecule has 0 unspecified atom stereocenters. The number of hydrogen-bond donors (Lipinski definition) is 0. The Morgan fingerprint density at radius 1 is 0.776 bits per heavy atom. The van der Waals surface area contributed by atoms with Crippen LogP contribution in [-0.2, 0) is 51.8 Å². The van der Waals surface area contributed by atoms with Gasteiger partial charge in [-0.25, -0.2) is 38.6 Å². The van der Waals surface area contributed by atoms with E-state index in [2.05, 4.69) is 10.6 Å². The third kappa shape index (κ3) is 15.6. The topological polar surface area (TPSA) is 229 Å². The summed E-state index contributed by atoms with van der Waals surface area (Å²) in [5.41, 5.74) is 4.63. The van der Waals surface area contributed by atoms with Crippen LogP contribution in [0, 0.1) is 17.7 Å². The Morgan fingerprint density at radius 2 is 1.37 bits per heavy atom. The van der Waals surface area contributed by atoms with E-state index in [1.54, 1.807) is 12.1 Å². The van der Waals surface area contributed by atoms with Crippen LogP contribution in [0.25, 0.3) is 5.57 Å². The van der Waals surface area contributed by atoms with Crippen LogP contribution in [0.4, 0.5) is 20.2 Å². The summed E-state index contributed by atoms with van der Waals surface area (Å²) in [7, 11) is -16.7. The Kier molecular flexibility index (Phi) is 23.0. The van der Waals surface area contributed by atoms with Crippen molar-refractivity contribution in [1.82, 2.24) is 0 Å². The van der Waals surface area contributed by atoms with E-state index >= 15 is 8.78 Å². The van der Waals surface area contributed by atoms with Crippen LogP contribution in [0.3, 0.4) is 0 Å². The largest absolute Gasteiger partial charge is 1.00 e. The van der Waals surface area contributed by atoms with E-state index in [1.807, 2.05) is 63.0 Å². The second-order valence-corrected chi connectivity index (χ2v) is 21.4. The number of anilines is 1. The minimum absolute atomic E-state index is 0. The molecule has 3 aromatic rings. The third-order valence-electron chi connectivity index (χ3n) is 11.6. The fourth-order valence-corrected chi connectivity index (χ4v) is 10.2. The molecule has 1 aliphatic carbocycles. The van der Waals surface area contributed by atoms with Gasteiger partial charge in [0.05, 0.1) is 30.7 Å². The normalized spacial score (nSPS) is 17.6. The number of allylic oxidation sites excluding steroid dienone is 8. The zero-order valence-electron chi connectivity index (χ0n) is 38.5. The molecule has 0 spiro atoms. The number of unbranched alkanes of at least 4 members (excludes halogenated alkanes) is 2. The van der Waals surface area contributed by atoms with Gasteiger partial charge in [0.15, 0.2) is 5.71 Å². The molecule has 0 saturated carbocycles. The SMILES string of the molecule is CC1(C)C(/C=C/C2=C(c3c(F)cccc3F)C(=C/C=C3/N(CCCCS(=O)(=O)[O-])c4ccc(S(=O)(=O)[O-])cc4C3(C)C)/CCC2)=[N+](CCCCS(=O)(=O)[O-])c2cc[c-]cc21.O=S(=O)=O.[Na+].[Na+].[Na+]. The van der Waals surface area contributed by atoms with Gasteiger partial charge in [0.25, 0.3) is 0 Å². The van der Waals surface area contributed by atoms with Gasteiger partial charge < -0.3 is 18.6 Å². The molecule has 3 aromatic carbocycles. The van der Waals surface area contributed by atoms with Crippen molar-refractivity contribution >= 4 is 63.6 Å². The first-order chi connectivity index (χ1) is 29.7. The quantitative estimate of drug-likeness (QED) is 0.0505. The van der Waals surface area contributed by atoms with Gasteiger partial charge >= 0.3 is 99.3 Å². The van der Waals surface area contributed by atoms with E-state index in [9.17, 15) is 38.9 Å². The predicted molar refractivity (Wildman–Crippen MR) is 233 cm³/mol. The Bertz CT molecular complexity index is 2930. The molecular weight excluding hydrogens is 984 g/mol. The number of benzene rings is 3. The van der Waals surface area contributed by atoms with E-state index in [-0.39, 0.29) is 114 Å². The molecule has 14 nitrogen and oxygen atoms in total. The zero-order valence-corrected chi connectivity index (χ0v) is 47.7. The van der Waals surface area contributed by atoms with Crippen molar-refractivity contribution in [1.29, 1.82) is 0 Å². The molecule has 67 heavy (non-hydrogen) atoms. The smallest absolute Gasteiger partial charge is 0.748 e. The van der Waals surface area contributed by atoms with Crippen molar-refractivity contribution in [3.63, 3.8) is 0 Å². The monoisotopic (exact) mass is 1030 g/mol. The average Bonchev–Trinajstić information content (AvgIpc) is 3.53. The summed E-state index contributed by atoms with van der Waals surface area (Å²) in [5, 5.41) is 0. The van der Waals surface area contributed by atoms with Crippen molar-refractivity contribution < 1.29 is 154 Å². The van der Waals surface area contributed by atoms with Gasteiger partial charge in [0.2, 0.25) is 0 Å². The summed E-state index contributed by atoms with van der Waals surface area (Å²) in [6.45, 7) is 8.47. The molecule has 0 radical (unpaired) electrons. The molecule has 23 heteroatoms. The Morgan fingerprint density at radius 3 is 1.96 bits per heavy atom. The van der Waals surface area contributed by atoms with E-state index in [4.69, 9.17) is 12.6 Å². The molecule has 0 saturated heterocycles. The van der Waals surface area contributed by atoms with E-state index in [0.29, 0.717) is 72.3 Å². The molecular formula is C44H47F2N2Na3O12S4. The van der Waals surface area contributed by atoms with Gasteiger partial charge in [0.1, 0.15) is 34.0 Å². The summed E-state index contributed by atoms with van der Waals surface area (Å²) in [6, 6.07) is 16.5. The van der Waals surface area contributed by atoms with E-state index < -0.39 is 79.8 Å². The molecule has 3 aliphatic rings. The van der Waals surface area contributed by atoms with Gasteiger partial charge in [-0.3, -0.25) is 0 Å². The maximum atomic E-state index is 15.9. The van der Waals surface area contributed by atoms with Crippen LogP contribution >= 0.6 is 0 Å². The van der Waals surface area contributed by atoms with Crippen LogP contribution in [-0.4, -0.2) is 86.4 Å². The Hall–Kier alpha value is -1.70. The summed E-state index contributed by atoms with van der Waals surface area (Å²) in [4.78, 5) is 1.48. The van der Waals surface area contributed by atoms with Gasteiger partial charge in [-0.1, -0.05) is 51.5 Å². The van der Waals surface area contributed by atoms with Gasteiger partial charge in [-0.05, 0) is 97.2 Å². The Balaban J connectivity index is 0.00000212. The minimum atomic E-state index is -4.80. The first kappa shape index (κ1) is 61.4. The first-order valence-electron chi connectivity index (χ1n) is 20.2. The predicted octanol–water partition coefficient (Wildman–Crippen LogP) is -2.49. The standard InChI is InChI=1S/C44H50F2N2O9S3.3Na.O3S/c1-43(2)33-15-5-6-18-37(33)47(25-7-9-27-58(49,50)51)39(43)23-19-30-13-11-14-31(41(30)42-35(45)16-12-17-36(42)46)20-24-40-44(3,4)34-29-32(60(55,56)57)21-22-38(34)48(40)26-8-10-28-59(52,53)54;;;;1-4(2)3/h6,12,15-24,29H,7-11,13-14,25-28H2,1-4H3,(H,49,50,51)(H,52,53,54)(H,55,56,57);;;;/q;3*+1;/p-3. The molecule has 346 valence electrons. The molecule has 0 bridgehead atoms. The second-order valence-electron chi connectivity index (χ2n) is 16.6. The fraction of sp³-hybridized carbons (Fsp3) is 0.386. The van der Waals surface area contributed by atoms with Crippen LogP contribution in [0.5, 0.6) is 0 Å². The van der Waals surface area contributed by atoms with E-state index in [1.165, 1.54) is 36.4 Å². The maximum Gasteiger partial charge on any atom is 1.00 e. The number of hydrogen-bond acceptors (Lipinski definition) is 13. The van der Waals surface area contributed by atoms with Gasteiger partial charge in [0, 0.05) is 52.8 Å². The van der Waals surface area contributed by atoms with Crippen LogP contribution in [0.15, 0.2) is 101 Å². The number of fused-ring (bicyclic) bond motifs is 2. The first-order valence-corrected chi connectivity index (χ1v) is 25.7. The third-order valence-corrected chi connectivity index (χ3v) is 14.0. The van der Waals surface area contributed by atoms with Crippen molar-refractivity contribution in [2.75, 3.05) is 29.5 Å². The zero-order chi connectivity index (χ0) is 47.4. The molecule has 0 fully saturated rings. The summed E-state index contributed by atoms with van der Waals surface area (Å²) in [5.74, 6) is -2.54. The summed E-state index contributed by atoms with van der Waals surface area (Å²) >= 11 is 0. The minimum Gasteiger partial charge on any atom is -0.748 e. The van der Waals surface area contributed by atoms with Crippen molar-refractivity contribution in [3.05, 3.63) is 130 Å². The van der Waals surface area contributed by atoms with Crippen molar-refractivity contribution in [3.8, 4) is 0 Å². The summed E-state index contributed by atoms with van der Waals surface area (Å²) < 4.78 is 163. The van der Waals surface area contributed by atoms with Crippen molar-refractivity contribution in [2.24, 2.45) is 0 Å². The van der Waals surface area contributed by atoms with Crippen LogP contribution < -0.4 is 93.6 Å². The summed E-state index contributed by atoms with van der Waals surface area (Å²) in [6.07, 6.45) is 9.96. The van der Waals surface area contributed by atoms with Gasteiger partial charge in [-0.15, -0.1) is 18.7 Å². The van der Waals surface area contributed by atoms with Crippen LogP contribution in [0.1, 0.15) is 89.3 Å². The molecule has 0 N–H and O–H groups in total. The number of halogens is 2.